The first-order valence-corrected chi connectivity index (χ1v) is 11.6. The van der Waals surface area contributed by atoms with Crippen LogP contribution in [0.15, 0.2) is 59.5 Å². The zero-order valence-corrected chi connectivity index (χ0v) is 18.9. The van der Waals surface area contributed by atoms with E-state index in [-0.39, 0.29) is 5.41 Å². The third-order valence-corrected chi connectivity index (χ3v) is 6.59. The van der Waals surface area contributed by atoms with E-state index in [9.17, 15) is 5.11 Å². The van der Waals surface area contributed by atoms with E-state index < -0.39 is 5.60 Å². The average Bonchev–Trinajstić information content (AvgIpc) is 3.71. The number of hydrogen-bond acceptors (Lipinski definition) is 6. The van der Waals surface area contributed by atoms with Crippen molar-refractivity contribution in [3.8, 4) is 22.6 Å². The molecule has 6 rings (SSSR count). The third kappa shape index (κ3) is 3.97. The van der Waals surface area contributed by atoms with Crippen molar-refractivity contribution in [2.75, 3.05) is 0 Å². The zero-order chi connectivity index (χ0) is 22.6. The van der Waals surface area contributed by atoms with Gasteiger partial charge in [0.2, 0.25) is 0 Å². The zero-order valence-electron chi connectivity index (χ0n) is 18.9. The van der Waals surface area contributed by atoms with E-state index in [4.69, 9.17) is 9.51 Å². The molecule has 0 atom stereocenters. The molecular weight excluding hydrogens is 414 g/mol. The predicted octanol–water partition coefficient (Wildman–Crippen LogP) is 4.72. The summed E-state index contributed by atoms with van der Waals surface area (Å²) in [6, 6.07) is 13.0. The van der Waals surface area contributed by atoms with Crippen molar-refractivity contribution in [3.63, 3.8) is 0 Å². The Balaban J connectivity index is 1.21. The highest BCUT2D eigenvalue weighted by atomic mass is 16.5. The monoisotopic (exact) mass is 441 g/mol. The molecule has 2 fully saturated rings. The van der Waals surface area contributed by atoms with Gasteiger partial charge in [-0.25, -0.2) is 0 Å². The van der Waals surface area contributed by atoms with Crippen LogP contribution in [-0.4, -0.2) is 35.6 Å². The van der Waals surface area contributed by atoms with Gasteiger partial charge in [-0.2, -0.15) is 10.1 Å². The van der Waals surface area contributed by atoms with Crippen LogP contribution in [0, 0.1) is 0 Å². The molecule has 33 heavy (non-hydrogen) atoms. The first-order valence-electron chi connectivity index (χ1n) is 11.6. The van der Waals surface area contributed by atoms with Gasteiger partial charge in [0.25, 0.3) is 5.89 Å². The Morgan fingerprint density at radius 1 is 1.03 bits per heavy atom. The number of aromatic nitrogens is 5. The van der Waals surface area contributed by atoms with Crippen molar-refractivity contribution in [2.24, 2.45) is 0 Å². The molecule has 4 aromatic rings. The Morgan fingerprint density at radius 2 is 1.79 bits per heavy atom. The number of benzene rings is 1. The van der Waals surface area contributed by atoms with Crippen molar-refractivity contribution in [2.45, 2.75) is 63.0 Å². The minimum Gasteiger partial charge on any atom is -0.389 e. The summed E-state index contributed by atoms with van der Waals surface area (Å²) in [5.41, 5.74) is 4.45. The van der Waals surface area contributed by atoms with E-state index in [1.54, 1.807) is 24.7 Å². The first-order chi connectivity index (χ1) is 15.9. The predicted molar refractivity (Wildman–Crippen MR) is 123 cm³/mol. The quantitative estimate of drug-likeness (QED) is 0.446. The summed E-state index contributed by atoms with van der Waals surface area (Å²) in [6.07, 6.45) is 10.0. The Bertz CT molecular complexity index is 1270. The van der Waals surface area contributed by atoms with Crippen molar-refractivity contribution in [1.82, 2.24) is 24.9 Å². The van der Waals surface area contributed by atoms with E-state index >= 15 is 0 Å². The van der Waals surface area contributed by atoms with E-state index in [1.807, 2.05) is 12.4 Å². The van der Waals surface area contributed by atoms with Crippen LogP contribution >= 0.6 is 0 Å². The normalized spacial score (nSPS) is 17.3. The Kier molecular flexibility index (Phi) is 4.52. The first kappa shape index (κ1) is 20.3. The van der Waals surface area contributed by atoms with Crippen molar-refractivity contribution < 1.29 is 9.63 Å². The largest absolute Gasteiger partial charge is 0.389 e. The Labute approximate surface area is 192 Å². The summed E-state index contributed by atoms with van der Waals surface area (Å²) in [5.74, 6) is 1.85. The fourth-order valence-corrected chi connectivity index (χ4v) is 4.44. The molecule has 0 saturated heterocycles. The molecule has 7 heteroatoms. The van der Waals surface area contributed by atoms with Crippen molar-refractivity contribution in [1.29, 1.82) is 0 Å². The maximum absolute atomic E-state index is 10.0. The average molecular weight is 442 g/mol. The van der Waals surface area contributed by atoms with Crippen LogP contribution in [0.2, 0.25) is 0 Å². The van der Waals surface area contributed by atoms with Gasteiger partial charge >= 0.3 is 0 Å². The van der Waals surface area contributed by atoms with Crippen molar-refractivity contribution in [3.05, 3.63) is 72.1 Å². The molecule has 7 nitrogen and oxygen atoms in total. The fourth-order valence-electron chi connectivity index (χ4n) is 4.44. The summed E-state index contributed by atoms with van der Waals surface area (Å²) in [4.78, 5) is 9.36. The molecule has 1 N–H and O–H groups in total. The third-order valence-electron chi connectivity index (χ3n) is 6.59. The van der Waals surface area contributed by atoms with E-state index in [1.165, 1.54) is 24.1 Å². The Hall–Kier alpha value is -3.32. The van der Waals surface area contributed by atoms with Crippen LogP contribution in [0.5, 0.6) is 0 Å². The maximum Gasteiger partial charge on any atom is 0.261 e. The number of pyridine rings is 1. The Morgan fingerprint density at radius 3 is 2.42 bits per heavy atom. The van der Waals surface area contributed by atoms with Crippen LogP contribution in [0.4, 0.5) is 0 Å². The van der Waals surface area contributed by atoms with Gasteiger partial charge in [-0.05, 0) is 56.7 Å². The maximum atomic E-state index is 10.0. The molecule has 1 aromatic carbocycles. The highest BCUT2D eigenvalue weighted by molar-refractivity contribution is 5.63. The minimum atomic E-state index is -0.844. The number of rotatable bonds is 7. The summed E-state index contributed by atoms with van der Waals surface area (Å²) in [7, 11) is 0. The van der Waals surface area contributed by atoms with Crippen LogP contribution in [0.1, 0.15) is 62.5 Å². The van der Waals surface area contributed by atoms with Gasteiger partial charge in [-0.1, -0.05) is 35.5 Å². The van der Waals surface area contributed by atoms with Gasteiger partial charge in [0.05, 0.1) is 29.3 Å². The van der Waals surface area contributed by atoms with E-state index in [2.05, 4.69) is 51.6 Å². The summed E-state index contributed by atoms with van der Waals surface area (Å²) in [5, 5.41) is 18.6. The summed E-state index contributed by atoms with van der Waals surface area (Å²) < 4.78 is 7.28. The highest BCUT2D eigenvalue weighted by Gasteiger charge is 2.50. The summed E-state index contributed by atoms with van der Waals surface area (Å²) >= 11 is 0. The minimum absolute atomic E-state index is 0.183. The second kappa shape index (κ2) is 7.35. The number of aliphatic hydroxyl groups is 1. The molecule has 0 bridgehead atoms. The van der Waals surface area contributed by atoms with Gasteiger partial charge in [0.15, 0.2) is 5.82 Å². The molecule has 2 aliphatic carbocycles. The van der Waals surface area contributed by atoms with Gasteiger partial charge in [0.1, 0.15) is 0 Å². The lowest BCUT2D eigenvalue weighted by Crippen LogP contribution is -2.26. The fraction of sp³-hybridized carbons (Fsp3) is 0.385. The van der Waals surface area contributed by atoms with Gasteiger partial charge < -0.3 is 9.63 Å². The van der Waals surface area contributed by atoms with E-state index in [0.29, 0.717) is 18.4 Å². The SMILES string of the molecule is CC(C)(O)Cn1cc(-c2nc(C3(c4ccc(-c5ccc(C6CC6)nc5)cc4)CC3)no2)cn1. The second-order valence-electron chi connectivity index (χ2n) is 10.1. The van der Waals surface area contributed by atoms with Gasteiger partial charge in [-0.15, -0.1) is 0 Å². The lowest BCUT2D eigenvalue weighted by atomic mass is 9.93. The van der Waals surface area contributed by atoms with Crippen molar-refractivity contribution >= 4 is 0 Å². The lowest BCUT2D eigenvalue weighted by molar-refractivity contribution is 0.0577. The lowest BCUT2D eigenvalue weighted by Gasteiger charge is -2.16. The van der Waals surface area contributed by atoms with Crippen LogP contribution < -0.4 is 0 Å². The smallest absolute Gasteiger partial charge is 0.261 e. The molecule has 3 aromatic heterocycles. The molecule has 168 valence electrons. The molecule has 0 radical (unpaired) electrons. The molecule has 2 saturated carbocycles. The molecule has 2 aliphatic rings. The summed E-state index contributed by atoms with van der Waals surface area (Å²) in [6.45, 7) is 3.89. The van der Waals surface area contributed by atoms with Crippen LogP contribution in [-0.2, 0) is 12.0 Å². The number of nitrogens with zero attached hydrogens (tertiary/aromatic N) is 5. The number of hydrogen-bond donors (Lipinski definition) is 1. The van der Waals surface area contributed by atoms with E-state index in [0.717, 1.165) is 35.4 Å². The molecule has 0 spiro atoms. The second-order valence-corrected chi connectivity index (χ2v) is 10.1. The molecule has 3 heterocycles. The molecular formula is C26H27N5O2. The van der Waals surface area contributed by atoms with Gasteiger partial charge in [0, 0.05) is 29.6 Å². The molecule has 0 unspecified atom stereocenters. The standard InChI is InChI=1S/C26H27N5O2/c1-25(2,32)16-31-15-20(14-28-31)23-29-24(30-33-23)26(11-12-26)21-8-5-17(6-9-21)19-7-10-22(27-13-19)18-3-4-18/h5-10,13-15,18,32H,3-4,11-12,16H2,1-2H3. The topological polar surface area (TPSA) is 89.9 Å². The van der Waals surface area contributed by atoms with Crippen LogP contribution in [0.25, 0.3) is 22.6 Å². The van der Waals surface area contributed by atoms with Gasteiger partial charge in [-0.3, -0.25) is 9.67 Å². The molecule has 0 amide bonds. The van der Waals surface area contributed by atoms with Crippen LogP contribution in [0.3, 0.4) is 0 Å². The molecule has 0 aliphatic heterocycles. The highest BCUT2D eigenvalue weighted by Crippen LogP contribution is 2.52.